The summed E-state index contributed by atoms with van der Waals surface area (Å²) in [7, 11) is 0. The molecule has 0 aliphatic carbocycles. The fourth-order valence-electron chi connectivity index (χ4n) is 0.910. The summed E-state index contributed by atoms with van der Waals surface area (Å²) in [5.74, 6) is 0. The van der Waals surface area contributed by atoms with Crippen molar-refractivity contribution >= 4 is 38.5 Å². The van der Waals surface area contributed by atoms with Gasteiger partial charge in [0.25, 0.3) is 6.43 Å². The maximum atomic E-state index is 12.4. The highest BCUT2D eigenvalue weighted by molar-refractivity contribution is 14.1. The van der Waals surface area contributed by atoms with Gasteiger partial charge in [0.15, 0.2) is 0 Å². The molecule has 66 valence electrons. The van der Waals surface area contributed by atoms with E-state index in [1.54, 1.807) is 6.92 Å². The first kappa shape index (κ1) is 10.4. The van der Waals surface area contributed by atoms with Crippen molar-refractivity contribution in [2.24, 2.45) is 0 Å². The second-order valence-corrected chi connectivity index (χ2v) is 4.41. The van der Waals surface area contributed by atoms with Crippen LogP contribution in [-0.2, 0) is 0 Å². The van der Waals surface area contributed by atoms with Crippen molar-refractivity contribution in [2.75, 3.05) is 0 Å². The Morgan fingerprint density at radius 1 is 1.42 bits per heavy atom. The van der Waals surface area contributed by atoms with Crippen LogP contribution < -0.4 is 0 Å². The summed E-state index contributed by atoms with van der Waals surface area (Å²) in [6.45, 7) is 1.81. The largest absolute Gasteiger partial charge is 0.264 e. The Labute approximate surface area is 91.6 Å². The molecular weight excluding hydrogens is 341 g/mol. The molecule has 0 bridgehead atoms. The van der Waals surface area contributed by atoms with Crippen molar-refractivity contribution in [3.05, 3.63) is 31.3 Å². The second-order valence-electron chi connectivity index (χ2n) is 2.45. The molecule has 0 fully saturated rings. The zero-order valence-corrected chi connectivity index (χ0v) is 9.99. The standard InChI is InChI=1S/C8H6BrF2I/c1-4-2-5(8(10)11)7(9)6(12)3-4/h2-3,8H,1H3. The summed E-state index contributed by atoms with van der Waals surface area (Å²) in [5.41, 5.74) is 0.928. The van der Waals surface area contributed by atoms with Gasteiger partial charge in [-0.25, -0.2) is 8.78 Å². The van der Waals surface area contributed by atoms with Crippen molar-refractivity contribution < 1.29 is 8.78 Å². The van der Waals surface area contributed by atoms with Crippen LogP contribution in [-0.4, -0.2) is 0 Å². The van der Waals surface area contributed by atoms with Crippen LogP contribution in [0.1, 0.15) is 17.6 Å². The van der Waals surface area contributed by atoms with E-state index in [1.807, 2.05) is 28.7 Å². The van der Waals surface area contributed by atoms with Crippen LogP contribution >= 0.6 is 38.5 Å². The zero-order chi connectivity index (χ0) is 9.30. The fourth-order valence-corrected chi connectivity index (χ4v) is 2.11. The van der Waals surface area contributed by atoms with E-state index >= 15 is 0 Å². The van der Waals surface area contributed by atoms with Crippen LogP contribution in [0.3, 0.4) is 0 Å². The van der Waals surface area contributed by atoms with Gasteiger partial charge in [-0.05, 0) is 63.1 Å². The zero-order valence-electron chi connectivity index (χ0n) is 6.24. The quantitative estimate of drug-likeness (QED) is 0.665. The monoisotopic (exact) mass is 346 g/mol. The van der Waals surface area contributed by atoms with Crippen LogP contribution in [0.5, 0.6) is 0 Å². The summed E-state index contributed by atoms with van der Waals surface area (Å²) < 4.78 is 26.0. The Hall–Kier alpha value is 0.290. The molecule has 4 heteroatoms. The molecule has 0 atom stereocenters. The van der Waals surface area contributed by atoms with Gasteiger partial charge in [-0.3, -0.25) is 0 Å². The molecule has 0 amide bonds. The third-order valence-electron chi connectivity index (χ3n) is 1.44. The van der Waals surface area contributed by atoms with Gasteiger partial charge in [0, 0.05) is 13.6 Å². The highest BCUT2D eigenvalue weighted by Gasteiger charge is 2.13. The van der Waals surface area contributed by atoms with Gasteiger partial charge in [-0.1, -0.05) is 0 Å². The molecule has 0 aromatic heterocycles. The SMILES string of the molecule is Cc1cc(I)c(Br)c(C(F)F)c1. The van der Waals surface area contributed by atoms with Gasteiger partial charge in [0.1, 0.15) is 0 Å². The summed E-state index contributed by atoms with van der Waals surface area (Å²) in [6.07, 6.45) is -2.41. The van der Waals surface area contributed by atoms with Gasteiger partial charge in [-0.15, -0.1) is 0 Å². The van der Waals surface area contributed by atoms with Crippen molar-refractivity contribution in [3.63, 3.8) is 0 Å². The Balaban J connectivity index is 3.28. The molecule has 12 heavy (non-hydrogen) atoms. The van der Waals surface area contributed by atoms with Gasteiger partial charge in [0.05, 0.1) is 0 Å². The van der Waals surface area contributed by atoms with E-state index in [2.05, 4.69) is 15.9 Å². The highest BCUT2D eigenvalue weighted by Crippen LogP contribution is 2.31. The lowest BCUT2D eigenvalue weighted by atomic mass is 10.1. The summed E-state index contributed by atoms with van der Waals surface area (Å²) >= 11 is 5.16. The smallest absolute Gasteiger partial charge is 0.205 e. The molecule has 0 spiro atoms. The second kappa shape index (κ2) is 4.00. The number of hydrogen-bond donors (Lipinski definition) is 0. The van der Waals surface area contributed by atoms with Crippen LogP contribution in [0.2, 0.25) is 0 Å². The first-order valence-corrected chi connectivity index (χ1v) is 5.13. The van der Waals surface area contributed by atoms with Crippen LogP contribution in [0.15, 0.2) is 16.6 Å². The van der Waals surface area contributed by atoms with Crippen molar-refractivity contribution in [3.8, 4) is 0 Å². The first-order chi connectivity index (χ1) is 5.52. The lowest BCUT2D eigenvalue weighted by molar-refractivity contribution is 0.150. The van der Waals surface area contributed by atoms with Crippen LogP contribution in [0.4, 0.5) is 8.78 Å². The average molecular weight is 347 g/mol. The molecule has 0 nitrogen and oxygen atoms in total. The minimum atomic E-state index is -2.41. The molecule has 0 aliphatic heterocycles. The molecule has 1 rings (SSSR count). The van der Waals surface area contributed by atoms with Crippen molar-refractivity contribution in [1.29, 1.82) is 0 Å². The Morgan fingerprint density at radius 3 is 2.50 bits per heavy atom. The van der Waals surface area contributed by atoms with Gasteiger partial charge >= 0.3 is 0 Å². The molecule has 0 unspecified atom stereocenters. The normalized spacial score (nSPS) is 10.8. The summed E-state index contributed by atoms with van der Waals surface area (Å²) in [6, 6.07) is 3.35. The number of benzene rings is 1. The number of aryl methyl sites for hydroxylation is 1. The van der Waals surface area contributed by atoms with Crippen LogP contribution in [0.25, 0.3) is 0 Å². The predicted octanol–water partition coefficient (Wildman–Crippen LogP) is 4.30. The molecule has 0 aliphatic rings. The van der Waals surface area contributed by atoms with E-state index in [-0.39, 0.29) is 5.56 Å². The fraction of sp³-hybridized carbons (Fsp3) is 0.250. The Morgan fingerprint density at radius 2 is 2.00 bits per heavy atom. The summed E-state index contributed by atoms with van der Waals surface area (Å²) in [4.78, 5) is 0. The number of halogens is 4. The number of alkyl halides is 2. The molecule has 0 saturated heterocycles. The van der Waals surface area contributed by atoms with E-state index in [4.69, 9.17) is 0 Å². The third kappa shape index (κ3) is 2.16. The van der Waals surface area contributed by atoms with Crippen molar-refractivity contribution in [1.82, 2.24) is 0 Å². The molecule has 0 heterocycles. The van der Waals surface area contributed by atoms with E-state index in [1.165, 1.54) is 6.07 Å². The van der Waals surface area contributed by atoms with Crippen LogP contribution in [0, 0.1) is 10.5 Å². The minimum Gasteiger partial charge on any atom is -0.205 e. The Bertz CT molecular complexity index is 299. The maximum Gasteiger partial charge on any atom is 0.264 e. The molecule has 0 N–H and O–H groups in total. The van der Waals surface area contributed by atoms with E-state index in [0.29, 0.717) is 4.47 Å². The molecule has 1 aromatic carbocycles. The first-order valence-electron chi connectivity index (χ1n) is 3.26. The van der Waals surface area contributed by atoms with Gasteiger partial charge in [-0.2, -0.15) is 0 Å². The molecular formula is C8H6BrF2I. The highest BCUT2D eigenvalue weighted by atomic mass is 127. The average Bonchev–Trinajstić information content (AvgIpc) is 1.96. The number of rotatable bonds is 1. The number of hydrogen-bond acceptors (Lipinski definition) is 0. The maximum absolute atomic E-state index is 12.4. The minimum absolute atomic E-state index is 0.0689. The molecule has 0 radical (unpaired) electrons. The lowest BCUT2D eigenvalue weighted by Gasteiger charge is -2.06. The van der Waals surface area contributed by atoms with E-state index < -0.39 is 6.43 Å². The lowest BCUT2D eigenvalue weighted by Crippen LogP contribution is -1.90. The molecule has 1 aromatic rings. The van der Waals surface area contributed by atoms with Crippen molar-refractivity contribution in [2.45, 2.75) is 13.3 Å². The predicted molar refractivity (Wildman–Crippen MR) is 56.6 cm³/mol. The third-order valence-corrected chi connectivity index (χ3v) is 3.91. The summed E-state index contributed by atoms with van der Waals surface area (Å²) in [5, 5.41) is 0. The van der Waals surface area contributed by atoms with E-state index in [0.717, 1.165) is 9.13 Å². The topological polar surface area (TPSA) is 0 Å². The van der Waals surface area contributed by atoms with Gasteiger partial charge < -0.3 is 0 Å². The Kier molecular flexibility index (Phi) is 3.46. The molecule has 0 saturated carbocycles. The van der Waals surface area contributed by atoms with Gasteiger partial charge in [0.2, 0.25) is 0 Å². The van der Waals surface area contributed by atoms with E-state index in [9.17, 15) is 8.78 Å².